The Labute approximate surface area is 100 Å². The predicted octanol–water partition coefficient (Wildman–Crippen LogP) is -0.00180. The molecular weight excluding hydrogens is 250 g/mol. The average molecular weight is 263 g/mol. The Morgan fingerprint density at radius 3 is 3.06 bits per heavy atom. The highest BCUT2D eigenvalue weighted by molar-refractivity contribution is 7.74. The second kappa shape index (κ2) is 7.09. The summed E-state index contributed by atoms with van der Waals surface area (Å²) in [7, 11) is 0. The van der Waals surface area contributed by atoms with Crippen molar-refractivity contribution < 1.29 is 22.5 Å². The number of nitrogens with zero attached hydrogens (tertiary/aromatic N) is 3. The van der Waals surface area contributed by atoms with Gasteiger partial charge >= 0.3 is 17.3 Å². The summed E-state index contributed by atoms with van der Waals surface area (Å²) in [6, 6.07) is 0. The molecule has 0 radical (unpaired) electrons. The quantitative estimate of drug-likeness (QED) is 0.419. The van der Waals surface area contributed by atoms with Crippen molar-refractivity contribution in [1.82, 2.24) is 15.0 Å². The van der Waals surface area contributed by atoms with Gasteiger partial charge in [0.2, 0.25) is 0 Å². The summed E-state index contributed by atoms with van der Waals surface area (Å²) in [6.07, 6.45) is 1.94. The van der Waals surface area contributed by atoms with Crippen molar-refractivity contribution in [2.75, 3.05) is 13.2 Å². The molecule has 0 aromatic carbocycles. The summed E-state index contributed by atoms with van der Waals surface area (Å²) < 4.78 is 29.1. The van der Waals surface area contributed by atoms with E-state index in [4.69, 9.17) is 9.29 Å². The van der Waals surface area contributed by atoms with Crippen LogP contribution in [0.4, 0.5) is 0 Å². The van der Waals surface area contributed by atoms with Crippen LogP contribution in [0.2, 0.25) is 0 Å². The van der Waals surface area contributed by atoms with Crippen LogP contribution < -0.4 is 0 Å². The van der Waals surface area contributed by atoms with Crippen molar-refractivity contribution in [2.24, 2.45) is 0 Å². The Morgan fingerprint density at radius 2 is 2.41 bits per heavy atom. The standard InChI is InChI=1S/C8H13N3O5S/c1-2-15-8(12)7-6-11(10-9-7)4-3-5-16-17(13)14/h6H,2-5H2,1H3,(H,13,14). The zero-order chi connectivity index (χ0) is 12.7. The van der Waals surface area contributed by atoms with E-state index in [9.17, 15) is 9.00 Å². The van der Waals surface area contributed by atoms with E-state index in [1.165, 1.54) is 10.9 Å². The predicted molar refractivity (Wildman–Crippen MR) is 57.3 cm³/mol. The molecule has 0 aliphatic rings. The number of esters is 1. The minimum atomic E-state index is -2.25. The van der Waals surface area contributed by atoms with Gasteiger partial charge in [0.1, 0.15) is 0 Å². The van der Waals surface area contributed by atoms with Gasteiger partial charge in [-0.25, -0.2) is 4.79 Å². The first-order valence-electron chi connectivity index (χ1n) is 4.95. The highest BCUT2D eigenvalue weighted by atomic mass is 32.2. The maximum atomic E-state index is 11.2. The molecule has 17 heavy (non-hydrogen) atoms. The van der Waals surface area contributed by atoms with Gasteiger partial charge in [0.15, 0.2) is 5.69 Å². The van der Waals surface area contributed by atoms with E-state index in [2.05, 4.69) is 14.5 Å². The summed E-state index contributed by atoms with van der Waals surface area (Å²) in [4.78, 5) is 11.2. The van der Waals surface area contributed by atoms with Gasteiger partial charge in [0.25, 0.3) is 0 Å². The number of rotatable bonds is 7. The highest BCUT2D eigenvalue weighted by Gasteiger charge is 2.11. The van der Waals surface area contributed by atoms with Gasteiger partial charge in [0, 0.05) is 6.54 Å². The van der Waals surface area contributed by atoms with E-state index in [1.54, 1.807) is 6.92 Å². The van der Waals surface area contributed by atoms with Crippen LogP contribution in [0.15, 0.2) is 6.20 Å². The van der Waals surface area contributed by atoms with Crippen LogP contribution in [0.5, 0.6) is 0 Å². The molecule has 1 unspecified atom stereocenters. The third-order valence-electron chi connectivity index (χ3n) is 1.74. The fraction of sp³-hybridized carbons (Fsp3) is 0.625. The molecule has 96 valence electrons. The monoisotopic (exact) mass is 263 g/mol. The van der Waals surface area contributed by atoms with Gasteiger partial charge in [-0.3, -0.25) is 13.4 Å². The molecule has 0 aliphatic heterocycles. The van der Waals surface area contributed by atoms with Crippen molar-refractivity contribution in [3.05, 3.63) is 11.9 Å². The minimum absolute atomic E-state index is 0.123. The Balaban J connectivity index is 2.35. The number of carbonyl (C=O) groups excluding carboxylic acids is 1. The lowest BCUT2D eigenvalue weighted by atomic mass is 10.4. The number of aromatic nitrogens is 3. The molecule has 0 aliphatic carbocycles. The molecule has 1 aromatic heterocycles. The third kappa shape index (κ3) is 5.02. The van der Waals surface area contributed by atoms with E-state index in [0.29, 0.717) is 13.0 Å². The summed E-state index contributed by atoms with van der Waals surface area (Å²) >= 11 is -2.25. The molecule has 0 fully saturated rings. The van der Waals surface area contributed by atoms with Crippen LogP contribution in [0.1, 0.15) is 23.8 Å². The number of ether oxygens (including phenoxy) is 1. The molecule has 0 saturated carbocycles. The first kappa shape index (κ1) is 13.7. The summed E-state index contributed by atoms with van der Waals surface area (Å²) in [5, 5.41) is 7.34. The fourth-order valence-corrected chi connectivity index (χ4v) is 1.32. The summed E-state index contributed by atoms with van der Waals surface area (Å²) in [6.45, 7) is 2.54. The molecule has 1 heterocycles. The van der Waals surface area contributed by atoms with E-state index in [0.717, 1.165) is 0 Å². The molecule has 0 spiro atoms. The van der Waals surface area contributed by atoms with Crippen LogP contribution >= 0.6 is 0 Å². The molecule has 8 nitrogen and oxygen atoms in total. The molecule has 1 aromatic rings. The number of aryl methyl sites for hydroxylation is 1. The van der Waals surface area contributed by atoms with Gasteiger partial charge in [-0.15, -0.1) is 5.10 Å². The van der Waals surface area contributed by atoms with Gasteiger partial charge in [0.05, 0.1) is 19.4 Å². The SMILES string of the molecule is CCOC(=O)c1cn(CCCOS(=O)O)nn1. The number of hydrogen-bond acceptors (Lipinski definition) is 6. The smallest absolute Gasteiger partial charge is 0.360 e. The molecule has 0 bridgehead atoms. The fourth-order valence-electron chi connectivity index (χ4n) is 1.06. The normalized spacial score (nSPS) is 12.4. The third-order valence-corrected chi connectivity index (χ3v) is 2.11. The zero-order valence-corrected chi connectivity index (χ0v) is 10.1. The number of hydrogen-bond donors (Lipinski definition) is 1. The van der Waals surface area contributed by atoms with Crippen molar-refractivity contribution in [3.8, 4) is 0 Å². The molecule has 1 rings (SSSR count). The second-order valence-corrected chi connectivity index (χ2v) is 3.65. The molecule has 0 saturated heterocycles. The molecule has 0 amide bonds. The average Bonchev–Trinajstić information content (AvgIpc) is 2.73. The summed E-state index contributed by atoms with van der Waals surface area (Å²) in [5.41, 5.74) is 0.138. The summed E-state index contributed by atoms with van der Waals surface area (Å²) in [5.74, 6) is -0.522. The van der Waals surface area contributed by atoms with Gasteiger partial charge in [-0.2, -0.15) is 4.21 Å². The van der Waals surface area contributed by atoms with E-state index in [-0.39, 0.29) is 18.9 Å². The first-order valence-corrected chi connectivity index (χ1v) is 5.98. The Bertz CT molecular complexity index is 394. The second-order valence-electron chi connectivity index (χ2n) is 2.98. The van der Waals surface area contributed by atoms with Gasteiger partial charge in [-0.1, -0.05) is 5.21 Å². The lowest BCUT2D eigenvalue weighted by Crippen LogP contribution is -2.05. The van der Waals surface area contributed by atoms with Crippen molar-refractivity contribution >= 4 is 17.3 Å². The van der Waals surface area contributed by atoms with Crippen molar-refractivity contribution in [2.45, 2.75) is 19.9 Å². The Morgan fingerprint density at radius 1 is 1.65 bits per heavy atom. The van der Waals surface area contributed by atoms with E-state index < -0.39 is 17.3 Å². The minimum Gasteiger partial charge on any atom is -0.461 e. The van der Waals surface area contributed by atoms with Crippen LogP contribution in [-0.4, -0.2) is 42.9 Å². The van der Waals surface area contributed by atoms with Crippen molar-refractivity contribution in [1.29, 1.82) is 0 Å². The van der Waals surface area contributed by atoms with Gasteiger partial charge < -0.3 is 4.74 Å². The molecular formula is C8H13N3O5S. The van der Waals surface area contributed by atoms with E-state index in [1.807, 2.05) is 0 Å². The van der Waals surface area contributed by atoms with Gasteiger partial charge in [-0.05, 0) is 13.3 Å². The lowest BCUT2D eigenvalue weighted by molar-refractivity contribution is 0.0519. The lowest BCUT2D eigenvalue weighted by Gasteiger charge is -1.99. The van der Waals surface area contributed by atoms with Crippen LogP contribution in [0, 0.1) is 0 Å². The number of carbonyl (C=O) groups is 1. The molecule has 9 heteroatoms. The topological polar surface area (TPSA) is 104 Å². The Hall–Kier alpha value is -1.32. The maximum absolute atomic E-state index is 11.2. The molecule has 1 N–H and O–H groups in total. The zero-order valence-electron chi connectivity index (χ0n) is 9.24. The van der Waals surface area contributed by atoms with Crippen LogP contribution in [0.25, 0.3) is 0 Å². The molecule has 1 atom stereocenters. The maximum Gasteiger partial charge on any atom is 0.360 e. The van der Waals surface area contributed by atoms with Crippen molar-refractivity contribution in [3.63, 3.8) is 0 Å². The van der Waals surface area contributed by atoms with Crippen LogP contribution in [-0.2, 0) is 26.8 Å². The largest absolute Gasteiger partial charge is 0.461 e. The first-order chi connectivity index (χ1) is 8.13. The van der Waals surface area contributed by atoms with Crippen LogP contribution in [0.3, 0.4) is 0 Å². The van der Waals surface area contributed by atoms with E-state index >= 15 is 0 Å². The Kier molecular flexibility index (Phi) is 5.73. The highest BCUT2D eigenvalue weighted by Crippen LogP contribution is 1.98.